The summed E-state index contributed by atoms with van der Waals surface area (Å²) in [6.45, 7) is 3.86. The zero-order chi connectivity index (χ0) is 6.57. The van der Waals surface area contributed by atoms with Crippen molar-refractivity contribution >= 4 is 5.97 Å². The van der Waals surface area contributed by atoms with Gasteiger partial charge in [-0.1, -0.05) is 13.8 Å². The highest BCUT2D eigenvalue weighted by Crippen LogP contribution is 1.98. The van der Waals surface area contributed by atoms with E-state index in [1.54, 1.807) is 0 Å². The van der Waals surface area contributed by atoms with Gasteiger partial charge in [0.2, 0.25) is 0 Å². The molecule has 0 aromatic rings. The molecular weight excluding hydrogens is 106 g/mol. The van der Waals surface area contributed by atoms with Crippen LogP contribution >= 0.6 is 0 Å². The zero-order valence-electron chi connectivity index (χ0n) is 5.18. The van der Waals surface area contributed by atoms with E-state index in [1.165, 1.54) is 0 Å². The molecule has 8 heavy (non-hydrogen) atoms. The molecule has 3 nitrogen and oxygen atoms in total. The Morgan fingerprint density at radius 2 is 2.25 bits per heavy atom. The summed E-state index contributed by atoms with van der Waals surface area (Å²) in [6, 6.07) is 0. The molecule has 0 aliphatic rings. The second-order valence-electron chi connectivity index (χ2n) is 2.09. The van der Waals surface area contributed by atoms with E-state index in [1.807, 2.05) is 13.8 Å². The molecule has 0 bridgehead atoms. The first-order chi connectivity index (χ1) is 3.66. The molecule has 0 amide bonds. The van der Waals surface area contributed by atoms with E-state index >= 15 is 0 Å². The number of carbonyl (C=O) groups is 1. The Morgan fingerprint density at radius 3 is 2.38 bits per heavy atom. The van der Waals surface area contributed by atoms with Crippen LogP contribution in [0.15, 0.2) is 0 Å². The van der Waals surface area contributed by atoms with E-state index in [0.717, 1.165) is 0 Å². The summed E-state index contributed by atoms with van der Waals surface area (Å²) in [5.74, 6) is 4.55. The first-order valence-electron chi connectivity index (χ1n) is 2.56. The smallest absolute Gasteiger partial charge is 0.324 e. The lowest BCUT2D eigenvalue weighted by Gasteiger charge is -1.98. The highest BCUT2D eigenvalue weighted by Gasteiger charge is 2.02. The Labute approximate surface area is 48.8 Å². The standard InChI is InChI=1S/C5H11NO2/c1-4(2)3-5(7)8-6/h4H,3,6H2,1-2H3. The van der Waals surface area contributed by atoms with Gasteiger partial charge in [0.15, 0.2) is 0 Å². The first kappa shape index (κ1) is 7.43. The Bertz CT molecular complexity index is 80.5. The van der Waals surface area contributed by atoms with Crippen LogP contribution in [0.5, 0.6) is 0 Å². The predicted octanol–water partition coefficient (Wildman–Crippen LogP) is 0.449. The van der Waals surface area contributed by atoms with Gasteiger partial charge in [-0.3, -0.25) is 4.79 Å². The van der Waals surface area contributed by atoms with Crippen LogP contribution in [0.25, 0.3) is 0 Å². The highest BCUT2D eigenvalue weighted by molar-refractivity contribution is 5.69. The summed E-state index contributed by atoms with van der Waals surface area (Å²) in [5.41, 5.74) is 0. The fourth-order valence-corrected chi connectivity index (χ4v) is 0.381. The van der Waals surface area contributed by atoms with Crippen LogP contribution in [0.2, 0.25) is 0 Å². The molecule has 0 saturated carbocycles. The minimum absolute atomic E-state index is 0.325. The molecule has 0 spiro atoms. The lowest BCUT2D eigenvalue weighted by Crippen LogP contribution is -2.11. The molecule has 0 aromatic carbocycles. The maximum atomic E-state index is 10.3. The van der Waals surface area contributed by atoms with E-state index in [0.29, 0.717) is 12.3 Å². The normalized spacial score (nSPS) is 9.50. The van der Waals surface area contributed by atoms with Gasteiger partial charge in [0, 0.05) is 6.42 Å². The van der Waals surface area contributed by atoms with E-state index in [9.17, 15) is 4.79 Å². The van der Waals surface area contributed by atoms with Crippen LogP contribution in [0.4, 0.5) is 0 Å². The number of hydrogen-bond acceptors (Lipinski definition) is 3. The number of nitrogens with two attached hydrogens (primary N) is 1. The van der Waals surface area contributed by atoms with Crippen molar-refractivity contribution in [1.82, 2.24) is 0 Å². The Balaban J connectivity index is 3.25. The fourth-order valence-electron chi connectivity index (χ4n) is 0.381. The molecule has 3 heteroatoms. The van der Waals surface area contributed by atoms with Gasteiger partial charge >= 0.3 is 5.97 Å². The molecule has 0 heterocycles. The van der Waals surface area contributed by atoms with Gasteiger partial charge in [0.25, 0.3) is 0 Å². The molecule has 0 fully saturated rings. The average molecular weight is 117 g/mol. The summed E-state index contributed by atoms with van der Waals surface area (Å²) in [6.07, 6.45) is 0.399. The monoisotopic (exact) mass is 117 g/mol. The zero-order valence-corrected chi connectivity index (χ0v) is 5.18. The van der Waals surface area contributed by atoms with E-state index < -0.39 is 0 Å². The lowest BCUT2D eigenvalue weighted by molar-refractivity contribution is -0.145. The molecule has 0 saturated heterocycles. The molecule has 0 atom stereocenters. The van der Waals surface area contributed by atoms with Gasteiger partial charge in [-0.15, -0.1) is 0 Å². The van der Waals surface area contributed by atoms with Crippen LogP contribution in [0.1, 0.15) is 20.3 Å². The van der Waals surface area contributed by atoms with Crippen molar-refractivity contribution in [3.8, 4) is 0 Å². The lowest BCUT2D eigenvalue weighted by atomic mass is 10.1. The third-order valence-electron chi connectivity index (χ3n) is 0.706. The molecule has 0 aliphatic carbocycles. The maximum Gasteiger partial charge on any atom is 0.324 e. The maximum absolute atomic E-state index is 10.3. The van der Waals surface area contributed by atoms with Crippen molar-refractivity contribution in [3.63, 3.8) is 0 Å². The van der Waals surface area contributed by atoms with Crippen molar-refractivity contribution in [2.24, 2.45) is 11.8 Å². The summed E-state index contributed by atoms with van der Waals surface area (Å²) >= 11 is 0. The molecular formula is C5H11NO2. The molecule has 0 radical (unpaired) electrons. The third kappa shape index (κ3) is 3.61. The van der Waals surface area contributed by atoms with E-state index in [-0.39, 0.29) is 5.97 Å². The van der Waals surface area contributed by atoms with Crippen molar-refractivity contribution in [2.75, 3.05) is 0 Å². The molecule has 48 valence electrons. The van der Waals surface area contributed by atoms with Gasteiger partial charge in [0.05, 0.1) is 0 Å². The minimum Gasteiger partial charge on any atom is -0.373 e. The second-order valence-corrected chi connectivity index (χ2v) is 2.09. The van der Waals surface area contributed by atoms with Crippen LogP contribution < -0.4 is 5.90 Å². The fraction of sp³-hybridized carbons (Fsp3) is 0.800. The van der Waals surface area contributed by atoms with Crippen molar-refractivity contribution < 1.29 is 9.63 Å². The van der Waals surface area contributed by atoms with Gasteiger partial charge < -0.3 is 4.84 Å². The topological polar surface area (TPSA) is 52.3 Å². The van der Waals surface area contributed by atoms with Gasteiger partial charge in [0.1, 0.15) is 0 Å². The number of rotatable bonds is 2. The van der Waals surface area contributed by atoms with E-state index in [4.69, 9.17) is 0 Å². The molecule has 2 N–H and O–H groups in total. The summed E-state index contributed by atoms with van der Waals surface area (Å²) in [7, 11) is 0. The van der Waals surface area contributed by atoms with Crippen molar-refractivity contribution in [1.29, 1.82) is 0 Å². The van der Waals surface area contributed by atoms with Gasteiger partial charge in [-0.25, -0.2) is 0 Å². The predicted molar refractivity (Wildman–Crippen MR) is 29.7 cm³/mol. The largest absolute Gasteiger partial charge is 0.373 e. The summed E-state index contributed by atoms with van der Waals surface area (Å²) < 4.78 is 0. The van der Waals surface area contributed by atoms with Crippen molar-refractivity contribution in [3.05, 3.63) is 0 Å². The first-order valence-corrected chi connectivity index (χ1v) is 2.56. The SMILES string of the molecule is CC(C)CC(=O)ON. The quantitative estimate of drug-likeness (QED) is 0.534. The van der Waals surface area contributed by atoms with Crippen LogP contribution in [-0.4, -0.2) is 5.97 Å². The van der Waals surface area contributed by atoms with Gasteiger partial charge in [-0.2, -0.15) is 5.90 Å². The molecule has 0 unspecified atom stereocenters. The van der Waals surface area contributed by atoms with Crippen LogP contribution in [0, 0.1) is 5.92 Å². The Morgan fingerprint density at radius 1 is 1.75 bits per heavy atom. The third-order valence-corrected chi connectivity index (χ3v) is 0.706. The minimum atomic E-state index is -0.347. The van der Waals surface area contributed by atoms with Gasteiger partial charge in [-0.05, 0) is 5.92 Å². The number of hydrogen-bond donors (Lipinski definition) is 1. The summed E-state index contributed by atoms with van der Waals surface area (Å²) in [4.78, 5) is 14.2. The summed E-state index contributed by atoms with van der Waals surface area (Å²) in [5, 5.41) is 0. The second kappa shape index (κ2) is 3.43. The molecule has 0 rings (SSSR count). The molecule has 0 aliphatic heterocycles. The Kier molecular flexibility index (Phi) is 3.19. The van der Waals surface area contributed by atoms with Crippen LogP contribution in [0.3, 0.4) is 0 Å². The van der Waals surface area contributed by atoms with E-state index in [2.05, 4.69) is 10.7 Å². The van der Waals surface area contributed by atoms with Crippen molar-refractivity contribution in [2.45, 2.75) is 20.3 Å². The average Bonchev–Trinajstić information content (AvgIpc) is 1.65. The number of carbonyl (C=O) groups excluding carboxylic acids is 1. The van der Waals surface area contributed by atoms with Crippen LogP contribution in [-0.2, 0) is 9.63 Å². The molecule has 0 aromatic heterocycles. The highest BCUT2D eigenvalue weighted by atomic mass is 16.7. The Hall–Kier alpha value is -0.570.